The summed E-state index contributed by atoms with van der Waals surface area (Å²) in [5.74, 6) is -0.722. The van der Waals surface area contributed by atoms with Crippen molar-refractivity contribution < 1.29 is 31.1 Å². The lowest BCUT2D eigenvalue weighted by Crippen LogP contribution is -2.27. The molecule has 1 aliphatic carbocycles. The van der Waals surface area contributed by atoms with Crippen LogP contribution in [0, 0.1) is 0 Å². The van der Waals surface area contributed by atoms with Gasteiger partial charge in [0.15, 0.2) is 11.4 Å². The van der Waals surface area contributed by atoms with Gasteiger partial charge in [-0.3, -0.25) is 14.2 Å². The third-order valence-electron chi connectivity index (χ3n) is 4.40. The Bertz CT molecular complexity index is 912. The molecule has 1 aliphatic rings. The monoisotopic (exact) mass is 487 g/mol. The zero-order valence-corrected chi connectivity index (χ0v) is 16.6. The molecule has 2 aromatic heterocycles. The summed E-state index contributed by atoms with van der Waals surface area (Å²) in [4.78, 5) is 12.2. The van der Waals surface area contributed by atoms with E-state index in [0.717, 1.165) is 23.6 Å². The maximum absolute atomic E-state index is 12.9. The number of rotatable bonds is 6. The predicted octanol–water partition coefficient (Wildman–Crippen LogP) is 4.11. The van der Waals surface area contributed by atoms with Crippen molar-refractivity contribution in [3.8, 4) is 0 Å². The van der Waals surface area contributed by atoms with Gasteiger partial charge in [0.2, 0.25) is 0 Å². The van der Waals surface area contributed by atoms with E-state index in [0.29, 0.717) is 5.69 Å². The zero-order chi connectivity index (χ0) is 21.6. The lowest BCUT2D eigenvalue weighted by molar-refractivity contribution is -0.142. The third kappa shape index (κ3) is 4.75. The molecule has 6 nitrogen and oxygen atoms in total. The van der Waals surface area contributed by atoms with Gasteiger partial charge in [0.1, 0.15) is 5.69 Å². The molecule has 0 aromatic carbocycles. The Morgan fingerprint density at radius 3 is 2.38 bits per heavy atom. The molecule has 2 heterocycles. The number of alkyl halides is 6. The first-order valence-electron chi connectivity index (χ1n) is 8.62. The van der Waals surface area contributed by atoms with E-state index in [2.05, 4.69) is 31.4 Å². The van der Waals surface area contributed by atoms with E-state index in [1.807, 2.05) is 0 Å². The van der Waals surface area contributed by atoms with Gasteiger partial charge in [-0.25, -0.2) is 0 Å². The summed E-state index contributed by atoms with van der Waals surface area (Å²) in [6.45, 7) is 0.186. The standard InChI is InChI=1S/C16H16BrF6N5O/c1-27-12(11(17)13(26-27)16(21,22)23)14(29)24-5-2-6-28-9(8-3-4-8)7-10(25-28)15(18,19)20/h7-8H,2-6H2,1H3,(H,24,29). The summed E-state index contributed by atoms with van der Waals surface area (Å²) in [6, 6.07) is 1.04. The number of halogens is 7. The van der Waals surface area contributed by atoms with Crippen LogP contribution in [-0.4, -0.2) is 32.0 Å². The molecular formula is C16H16BrF6N5O. The van der Waals surface area contributed by atoms with Crippen molar-refractivity contribution in [2.75, 3.05) is 6.54 Å². The summed E-state index contributed by atoms with van der Waals surface area (Å²) in [7, 11) is 1.21. The fourth-order valence-corrected chi connectivity index (χ4v) is 3.64. The molecule has 0 atom stereocenters. The quantitative estimate of drug-likeness (QED) is 0.492. The van der Waals surface area contributed by atoms with Crippen LogP contribution in [0.15, 0.2) is 10.5 Å². The van der Waals surface area contributed by atoms with Crippen molar-refractivity contribution in [2.45, 2.75) is 44.1 Å². The van der Waals surface area contributed by atoms with Crippen LogP contribution < -0.4 is 5.32 Å². The number of aromatic nitrogens is 4. The highest BCUT2D eigenvalue weighted by molar-refractivity contribution is 9.10. The van der Waals surface area contributed by atoms with Gasteiger partial charge in [-0.1, -0.05) is 0 Å². The summed E-state index contributed by atoms with van der Waals surface area (Å²) in [6.07, 6.45) is -7.40. The molecule has 29 heavy (non-hydrogen) atoms. The van der Waals surface area contributed by atoms with Crippen LogP contribution in [-0.2, 0) is 25.9 Å². The minimum absolute atomic E-state index is 0.0448. The van der Waals surface area contributed by atoms with Crippen LogP contribution in [0.25, 0.3) is 0 Å². The Morgan fingerprint density at radius 1 is 1.21 bits per heavy atom. The molecule has 160 valence electrons. The van der Waals surface area contributed by atoms with Gasteiger partial charge in [0, 0.05) is 31.7 Å². The average Bonchev–Trinajstić information content (AvgIpc) is 3.25. The lowest BCUT2D eigenvalue weighted by Gasteiger charge is -2.08. The van der Waals surface area contributed by atoms with Crippen molar-refractivity contribution in [1.29, 1.82) is 0 Å². The number of hydrogen-bond acceptors (Lipinski definition) is 3. The number of carbonyl (C=O) groups is 1. The maximum atomic E-state index is 12.9. The normalized spacial score (nSPS) is 15.0. The number of amides is 1. The molecule has 1 saturated carbocycles. The summed E-state index contributed by atoms with van der Waals surface area (Å²) in [5, 5.41) is 9.37. The van der Waals surface area contributed by atoms with E-state index in [-0.39, 0.29) is 31.1 Å². The van der Waals surface area contributed by atoms with E-state index < -0.39 is 34.1 Å². The summed E-state index contributed by atoms with van der Waals surface area (Å²) in [5.41, 5.74) is -1.96. The van der Waals surface area contributed by atoms with Crippen LogP contribution >= 0.6 is 15.9 Å². The summed E-state index contributed by atoms with van der Waals surface area (Å²) < 4.78 is 78.9. The molecule has 13 heteroatoms. The number of hydrogen-bond donors (Lipinski definition) is 1. The molecule has 1 amide bonds. The van der Waals surface area contributed by atoms with Crippen molar-refractivity contribution >= 4 is 21.8 Å². The molecule has 3 rings (SSSR count). The number of aryl methyl sites for hydroxylation is 2. The van der Waals surface area contributed by atoms with Gasteiger partial charge in [-0.2, -0.15) is 36.5 Å². The molecule has 1 N–H and O–H groups in total. The average molecular weight is 488 g/mol. The van der Waals surface area contributed by atoms with E-state index in [1.165, 1.54) is 11.7 Å². The van der Waals surface area contributed by atoms with Crippen LogP contribution in [0.4, 0.5) is 26.3 Å². The Balaban J connectivity index is 1.61. The molecule has 0 radical (unpaired) electrons. The second-order valence-electron chi connectivity index (χ2n) is 6.69. The SMILES string of the molecule is Cn1nc(C(F)(F)F)c(Br)c1C(=O)NCCCn1nc(C(F)(F)F)cc1C1CC1. The van der Waals surface area contributed by atoms with E-state index in [1.54, 1.807) is 0 Å². The smallest absolute Gasteiger partial charge is 0.351 e. The number of carbonyl (C=O) groups excluding carboxylic acids is 1. The Labute approximate surface area is 169 Å². The van der Waals surface area contributed by atoms with Crippen molar-refractivity contribution in [3.05, 3.63) is 33.3 Å². The Morgan fingerprint density at radius 2 is 1.86 bits per heavy atom. The minimum Gasteiger partial charge on any atom is -0.351 e. The number of nitrogens with zero attached hydrogens (tertiary/aromatic N) is 4. The van der Waals surface area contributed by atoms with Gasteiger partial charge >= 0.3 is 12.4 Å². The second-order valence-corrected chi connectivity index (χ2v) is 7.48. The van der Waals surface area contributed by atoms with Crippen LogP contribution in [0.2, 0.25) is 0 Å². The molecule has 0 bridgehead atoms. The molecule has 0 saturated heterocycles. The van der Waals surface area contributed by atoms with E-state index in [9.17, 15) is 31.1 Å². The first kappa shape index (κ1) is 21.7. The van der Waals surface area contributed by atoms with Gasteiger partial charge in [0.25, 0.3) is 5.91 Å². The minimum atomic E-state index is -4.72. The van der Waals surface area contributed by atoms with Crippen molar-refractivity contribution in [1.82, 2.24) is 24.9 Å². The van der Waals surface area contributed by atoms with Gasteiger partial charge in [-0.15, -0.1) is 0 Å². The second kappa shape index (κ2) is 7.65. The highest BCUT2D eigenvalue weighted by atomic mass is 79.9. The third-order valence-corrected chi connectivity index (χ3v) is 5.15. The largest absolute Gasteiger partial charge is 0.436 e. The Kier molecular flexibility index (Phi) is 5.71. The van der Waals surface area contributed by atoms with Gasteiger partial charge < -0.3 is 5.32 Å². The molecule has 0 aliphatic heterocycles. The highest BCUT2D eigenvalue weighted by Gasteiger charge is 2.40. The van der Waals surface area contributed by atoms with Crippen LogP contribution in [0.5, 0.6) is 0 Å². The first-order chi connectivity index (χ1) is 13.4. The van der Waals surface area contributed by atoms with Gasteiger partial charge in [-0.05, 0) is 41.3 Å². The molecular weight excluding hydrogens is 472 g/mol. The predicted molar refractivity (Wildman–Crippen MR) is 92.1 cm³/mol. The molecule has 0 unspecified atom stereocenters. The van der Waals surface area contributed by atoms with E-state index >= 15 is 0 Å². The fourth-order valence-electron chi connectivity index (χ4n) is 2.90. The molecule has 2 aromatic rings. The highest BCUT2D eigenvalue weighted by Crippen LogP contribution is 2.42. The van der Waals surface area contributed by atoms with E-state index in [4.69, 9.17) is 0 Å². The first-order valence-corrected chi connectivity index (χ1v) is 9.41. The van der Waals surface area contributed by atoms with Crippen LogP contribution in [0.1, 0.15) is 52.8 Å². The zero-order valence-electron chi connectivity index (χ0n) is 15.0. The van der Waals surface area contributed by atoms with Crippen molar-refractivity contribution in [3.63, 3.8) is 0 Å². The van der Waals surface area contributed by atoms with Crippen LogP contribution in [0.3, 0.4) is 0 Å². The summed E-state index contributed by atoms with van der Waals surface area (Å²) >= 11 is 2.75. The van der Waals surface area contributed by atoms with Crippen molar-refractivity contribution in [2.24, 2.45) is 7.05 Å². The van der Waals surface area contributed by atoms with Gasteiger partial charge in [0.05, 0.1) is 4.47 Å². The molecule has 1 fully saturated rings. The molecule has 0 spiro atoms. The maximum Gasteiger partial charge on any atom is 0.436 e. The lowest BCUT2D eigenvalue weighted by atomic mass is 10.2. The fraction of sp³-hybridized carbons (Fsp3) is 0.562. The topological polar surface area (TPSA) is 64.7 Å². The Hall–Kier alpha value is -2.05. The number of nitrogens with one attached hydrogen (secondary N) is 1.